The average Bonchev–Trinajstić information content (AvgIpc) is 3.16. The van der Waals surface area contributed by atoms with Gasteiger partial charge in [0.1, 0.15) is 36.3 Å². The number of hydrogen-bond donors (Lipinski definition) is 8. The number of nitrogens with two attached hydrogens (primary N) is 1. The first-order valence-corrected chi connectivity index (χ1v) is 29.7. The highest BCUT2D eigenvalue weighted by atomic mass is 31.2. The Morgan fingerprint density at radius 2 is 1.49 bits per heavy atom. The van der Waals surface area contributed by atoms with E-state index in [2.05, 4.69) is 42.6 Å². The molecule has 5 aliphatic rings. The molecular formula is C61H63F2N10O13P. The number of halogens is 2. The third-order valence-corrected chi connectivity index (χ3v) is 16.9. The van der Waals surface area contributed by atoms with Crippen LogP contribution in [0.5, 0.6) is 0 Å². The fourth-order valence-electron chi connectivity index (χ4n) is 12.0. The van der Waals surface area contributed by atoms with Crippen LogP contribution < -0.4 is 27.0 Å². The van der Waals surface area contributed by atoms with E-state index in [9.17, 15) is 51.9 Å². The highest BCUT2D eigenvalue weighted by Gasteiger charge is 2.47. The maximum atomic E-state index is 15.1. The highest BCUT2D eigenvalue weighted by molar-refractivity contribution is 7.39. The zero-order valence-corrected chi connectivity index (χ0v) is 47.8. The summed E-state index contributed by atoms with van der Waals surface area (Å²) in [5, 5.41) is 10.8. The van der Waals surface area contributed by atoms with Crippen LogP contribution in [0.25, 0.3) is 10.9 Å². The summed E-state index contributed by atoms with van der Waals surface area (Å²) in [6.07, 6.45) is -3.39. The Kier molecular flexibility index (Phi) is 18.5. The van der Waals surface area contributed by atoms with Crippen LogP contribution in [-0.2, 0) is 55.5 Å². The zero-order chi connectivity index (χ0) is 61.7. The van der Waals surface area contributed by atoms with Crippen molar-refractivity contribution in [2.45, 2.75) is 113 Å². The van der Waals surface area contributed by atoms with Crippen molar-refractivity contribution in [2.24, 2.45) is 11.7 Å². The van der Waals surface area contributed by atoms with Gasteiger partial charge in [0, 0.05) is 79.6 Å². The minimum absolute atomic E-state index is 0.0155. The number of nitrogens with zero attached hydrogens (tertiary/aromatic N) is 4. The number of likely N-dealkylation sites (tertiary alicyclic amines) is 1. The van der Waals surface area contributed by atoms with Gasteiger partial charge in [0.05, 0.1) is 11.6 Å². The molecule has 10 rings (SSSR count). The summed E-state index contributed by atoms with van der Waals surface area (Å²) in [6.45, 7) is 0.215. The number of primary amides is 1. The SMILES string of the molecule is NC(=O)CC[C@H](NC(=O)[C@@H]1CC[C@@H]2CCN(C(=O)CC(=O)N3CCC(C#Cc4cccc5c4CN(C4CCC(=O)NC4=O)C5=O)CC3)C[C@H](NC(=O)c3cc4cc(C(F)(F)OP(O)O)ccc4[nH]3)C(=O)N21)C(=O)NC(c1ccccc1)c1ccccc1. The van der Waals surface area contributed by atoms with Gasteiger partial charge >= 0.3 is 14.7 Å². The number of aromatic nitrogens is 1. The molecule has 0 radical (unpaired) electrons. The van der Waals surface area contributed by atoms with Gasteiger partial charge in [-0.3, -0.25) is 53.3 Å². The van der Waals surface area contributed by atoms with Crippen LogP contribution in [0.15, 0.2) is 103 Å². The van der Waals surface area contributed by atoms with Gasteiger partial charge < -0.3 is 56.1 Å². The number of hydrogen-bond acceptors (Lipinski definition) is 13. The molecule has 1 aromatic heterocycles. The molecule has 5 aromatic rings. The molecule has 454 valence electrons. The van der Waals surface area contributed by atoms with Gasteiger partial charge in [0.25, 0.3) is 11.8 Å². The second-order valence-electron chi connectivity index (χ2n) is 22.2. The number of H-pyrrole nitrogens is 1. The molecule has 1 unspecified atom stereocenters. The molecule has 6 heterocycles. The van der Waals surface area contributed by atoms with Crippen LogP contribution in [-0.4, -0.2) is 150 Å². The van der Waals surface area contributed by atoms with E-state index >= 15 is 4.79 Å². The van der Waals surface area contributed by atoms with Crippen molar-refractivity contribution in [3.05, 3.63) is 142 Å². The monoisotopic (exact) mass is 1210 g/mol. The van der Waals surface area contributed by atoms with E-state index in [1.165, 1.54) is 26.8 Å². The standard InChI is InChI=1S/C61H63F2N10O13P/c62-61(63,86-87(84)85)40-16-18-44-39(30-40)31-46(65-44)56(79)67-47-34-71(53(77)32-52(76)70-27-24-35(25-28-70)14-15-36-12-7-13-42-43(36)33-72(59(42)82)48-21-23-51(75)68-57(48)80)29-26-41-17-20-49(73(41)60(47)83)58(81)66-45(19-22-50(64)74)55(78)69-54(37-8-3-1-4-9-37)38-10-5-2-6-11-38/h1-13,16,18,30-31,35,41,45,47-49,54,65,84-85H,17,19-29,32-34H2,(H2,64,74)(H,66,81)(H,67,79)(H,69,78)(H,68,75,80)/t41-,45+,47+,48?,49+/m1/s1. The molecule has 0 saturated carbocycles. The van der Waals surface area contributed by atoms with Crippen molar-refractivity contribution in [3.63, 3.8) is 0 Å². The molecule has 10 amide bonds. The summed E-state index contributed by atoms with van der Waals surface area (Å²) in [4.78, 5) is 163. The second-order valence-corrected chi connectivity index (χ2v) is 22.8. The van der Waals surface area contributed by atoms with E-state index in [1.807, 2.05) is 60.7 Å². The lowest BCUT2D eigenvalue weighted by molar-refractivity contribution is -0.189. The summed E-state index contributed by atoms with van der Waals surface area (Å²) >= 11 is 0. The summed E-state index contributed by atoms with van der Waals surface area (Å²) in [6, 6.07) is 21.5. The third kappa shape index (κ3) is 14.0. The number of carbonyl (C=O) groups is 10. The van der Waals surface area contributed by atoms with Crippen molar-refractivity contribution in [1.82, 2.24) is 45.9 Å². The third-order valence-electron chi connectivity index (χ3n) is 16.6. The molecule has 4 fully saturated rings. The number of fused-ring (bicyclic) bond motifs is 3. The molecular weight excluding hydrogens is 1150 g/mol. The first kappa shape index (κ1) is 61.1. The van der Waals surface area contributed by atoms with Crippen LogP contribution in [0.2, 0.25) is 0 Å². The van der Waals surface area contributed by atoms with Gasteiger partial charge in [0.15, 0.2) is 0 Å². The highest BCUT2D eigenvalue weighted by Crippen LogP contribution is 2.42. The fraction of sp³-hybridized carbons (Fsp3) is 0.377. The smallest absolute Gasteiger partial charge is 0.370 e. The molecule has 87 heavy (non-hydrogen) atoms. The van der Waals surface area contributed by atoms with Crippen LogP contribution in [0.4, 0.5) is 8.78 Å². The van der Waals surface area contributed by atoms with E-state index in [0.29, 0.717) is 29.5 Å². The Labute approximate surface area is 498 Å². The number of benzene rings is 4. The van der Waals surface area contributed by atoms with Gasteiger partial charge in [-0.25, -0.2) is 4.52 Å². The molecule has 23 nitrogen and oxygen atoms in total. The molecule has 4 saturated heterocycles. The van der Waals surface area contributed by atoms with Crippen LogP contribution >= 0.6 is 8.60 Å². The van der Waals surface area contributed by atoms with Crippen molar-refractivity contribution in [3.8, 4) is 11.8 Å². The topological polar surface area (TPSA) is 323 Å². The number of piperidine rings is 2. The molecule has 5 aliphatic heterocycles. The second kappa shape index (κ2) is 26.3. The van der Waals surface area contributed by atoms with Crippen molar-refractivity contribution >= 4 is 78.6 Å². The van der Waals surface area contributed by atoms with Gasteiger partial charge in [-0.15, -0.1) is 0 Å². The first-order valence-electron chi connectivity index (χ1n) is 28.5. The van der Waals surface area contributed by atoms with Crippen LogP contribution in [0.3, 0.4) is 0 Å². The lowest BCUT2D eigenvalue weighted by Gasteiger charge is -2.39. The number of aromatic amines is 1. The van der Waals surface area contributed by atoms with Gasteiger partial charge in [-0.05, 0) is 98.0 Å². The lowest BCUT2D eigenvalue weighted by Crippen LogP contribution is -2.62. The lowest BCUT2D eigenvalue weighted by atomic mass is 9.96. The predicted octanol–water partition coefficient (Wildman–Crippen LogP) is 3.23. The Bertz CT molecular complexity index is 3550. The molecule has 0 spiro atoms. The molecule has 9 N–H and O–H groups in total. The number of alkyl halides is 2. The minimum Gasteiger partial charge on any atom is -0.370 e. The summed E-state index contributed by atoms with van der Waals surface area (Å²) in [5.74, 6) is 0.224. The van der Waals surface area contributed by atoms with E-state index in [1.54, 1.807) is 23.1 Å². The number of rotatable bonds is 17. The predicted molar refractivity (Wildman–Crippen MR) is 307 cm³/mol. The molecule has 0 aliphatic carbocycles. The zero-order valence-electron chi connectivity index (χ0n) is 46.9. The molecule has 26 heteroatoms. The van der Waals surface area contributed by atoms with Crippen LogP contribution in [0, 0.1) is 17.8 Å². The van der Waals surface area contributed by atoms with E-state index in [4.69, 9.17) is 15.5 Å². The van der Waals surface area contributed by atoms with Gasteiger partial charge in [-0.2, -0.15) is 8.78 Å². The fourth-order valence-corrected chi connectivity index (χ4v) is 12.3. The average molecular weight is 1210 g/mol. The first-order chi connectivity index (χ1) is 41.7. The normalized spacial score (nSPS) is 20.3. The summed E-state index contributed by atoms with van der Waals surface area (Å²) in [7, 11) is -3.45. The van der Waals surface area contributed by atoms with E-state index < -0.39 is 117 Å². The minimum atomic E-state index is -4.12. The summed E-state index contributed by atoms with van der Waals surface area (Å²) in [5.41, 5.74) is 8.00. The number of nitrogens with one attached hydrogen (secondary N) is 5. The summed E-state index contributed by atoms with van der Waals surface area (Å²) < 4.78 is 33.6. The largest absolute Gasteiger partial charge is 0.389 e. The number of imide groups is 1. The van der Waals surface area contributed by atoms with Gasteiger partial charge in [0.2, 0.25) is 47.3 Å². The Hall–Kier alpha value is -8.95. The Morgan fingerprint density at radius 1 is 0.805 bits per heavy atom. The van der Waals surface area contributed by atoms with Crippen LogP contribution in [0.1, 0.15) is 119 Å². The number of carbonyl (C=O) groups excluding carboxylic acids is 10. The number of amides is 10. The quantitative estimate of drug-likeness (QED) is 0.0287. The van der Waals surface area contributed by atoms with Crippen molar-refractivity contribution < 1.29 is 71.0 Å². The molecule has 5 atom stereocenters. The van der Waals surface area contributed by atoms with Crippen molar-refractivity contribution in [1.29, 1.82) is 0 Å². The van der Waals surface area contributed by atoms with Crippen molar-refractivity contribution in [2.75, 3.05) is 26.2 Å². The van der Waals surface area contributed by atoms with Gasteiger partial charge in [-0.1, -0.05) is 78.6 Å². The van der Waals surface area contributed by atoms with E-state index in [-0.39, 0.29) is 105 Å². The Balaban J connectivity index is 0.837. The maximum Gasteiger partial charge on any atom is 0.389 e. The maximum absolute atomic E-state index is 15.1. The molecule has 4 aromatic carbocycles. The Morgan fingerprint density at radius 3 is 2.17 bits per heavy atom. The van der Waals surface area contributed by atoms with E-state index in [0.717, 1.165) is 23.3 Å². The molecule has 0 bridgehead atoms.